The lowest BCUT2D eigenvalue weighted by atomic mass is 10.2. The molecule has 2 aliphatic heterocycles. The third-order valence-electron chi connectivity index (χ3n) is 4.94. The Bertz CT molecular complexity index is 1090. The lowest BCUT2D eigenvalue weighted by Crippen LogP contribution is -2.19. The lowest BCUT2D eigenvalue weighted by molar-refractivity contribution is -0.116. The fraction of sp³-hybridized carbons (Fsp3) is 0.333. The fourth-order valence-corrected chi connectivity index (χ4v) is 3.57. The number of hydrogen-bond acceptors (Lipinski definition) is 6. The molecule has 2 aliphatic rings. The molecule has 29 heavy (non-hydrogen) atoms. The number of anilines is 1. The summed E-state index contributed by atoms with van der Waals surface area (Å²) in [6.07, 6.45) is 0.835. The highest BCUT2D eigenvalue weighted by Crippen LogP contribution is 2.35. The van der Waals surface area contributed by atoms with E-state index in [9.17, 15) is 4.79 Å². The van der Waals surface area contributed by atoms with Crippen LogP contribution in [0, 0.1) is 6.92 Å². The largest absolute Gasteiger partial charge is 0.490 e. The number of ether oxygens (including phenoxy) is 4. The first-order valence-corrected chi connectivity index (χ1v) is 9.63. The van der Waals surface area contributed by atoms with Gasteiger partial charge in [0, 0.05) is 30.3 Å². The van der Waals surface area contributed by atoms with Gasteiger partial charge in [-0.1, -0.05) is 0 Å². The van der Waals surface area contributed by atoms with Gasteiger partial charge < -0.3 is 28.8 Å². The molecule has 8 heteroatoms. The van der Waals surface area contributed by atoms with E-state index >= 15 is 0 Å². The summed E-state index contributed by atoms with van der Waals surface area (Å²) in [6.45, 7) is 4.27. The number of nitrogens with zero attached hydrogens (tertiary/aromatic N) is 2. The summed E-state index contributed by atoms with van der Waals surface area (Å²) in [6, 6.07) is 9.16. The van der Waals surface area contributed by atoms with Gasteiger partial charge in [0.1, 0.15) is 25.6 Å². The van der Waals surface area contributed by atoms with E-state index in [1.54, 1.807) is 6.07 Å². The maximum absolute atomic E-state index is 12.7. The van der Waals surface area contributed by atoms with Gasteiger partial charge in [0.15, 0.2) is 23.0 Å². The average molecular weight is 395 g/mol. The van der Waals surface area contributed by atoms with Crippen molar-refractivity contribution in [1.82, 2.24) is 9.55 Å². The van der Waals surface area contributed by atoms with Crippen molar-refractivity contribution in [3.63, 3.8) is 0 Å². The molecule has 1 N–H and O–H groups in total. The zero-order chi connectivity index (χ0) is 19.8. The van der Waals surface area contributed by atoms with Crippen LogP contribution in [0.1, 0.15) is 12.2 Å². The standard InChI is InChI=1S/C21H21N3O5/c1-13-22-15-10-19-20(29-8-7-28-19)11-16(15)24(13)12-21(25)23-14-3-4-17-18(9-14)27-6-2-5-26-17/h3-4,9-11H,2,5-8,12H2,1H3,(H,23,25). The van der Waals surface area contributed by atoms with Crippen LogP contribution in [0.4, 0.5) is 5.69 Å². The first-order chi connectivity index (χ1) is 14.2. The molecule has 0 spiro atoms. The Morgan fingerprint density at radius 3 is 2.48 bits per heavy atom. The molecule has 2 aromatic carbocycles. The second-order valence-corrected chi connectivity index (χ2v) is 6.99. The van der Waals surface area contributed by atoms with Crippen molar-refractivity contribution in [2.24, 2.45) is 0 Å². The minimum atomic E-state index is -0.156. The molecular weight excluding hydrogens is 374 g/mol. The molecule has 0 saturated carbocycles. The predicted octanol–water partition coefficient (Wildman–Crippen LogP) is 2.92. The smallest absolute Gasteiger partial charge is 0.244 e. The molecule has 0 atom stereocenters. The third-order valence-corrected chi connectivity index (χ3v) is 4.94. The Hall–Kier alpha value is -3.42. The lowest BCUT2D eigenvalue weighted by Gasteiger charge is -2.18. The minimum absolute atomic E-state index is 0.135. The minimum Gasteiger partial charge on any atom is -0.490 e. The highest BCUT2D eigenvalue weighted by atomic mass is 16.6. The third kappa shape index (κ3) is 3.41. The number of aryl methyl sites for hydroxylation is 1. The monoisotopic (exact) mass is 395 g/mol. The second-order valence-electron chi connectivity index (χ2n) is 6.99. The topological polar surface area (TPSA) is 83.8 Å². The van der Waals surface area contributed by atoms with E-state index in [2.05, 4.69) is 10.3 Å². The summed E-state index contributed by atoms with van der Waals surface area (Å²) in [5, 5.41) is 2.93. The normalized spacial score (nSPS) is 15.1. The number of aromatic nitrogens is 2. The average Bonchev–Trinajstić information content (AvgIpc) is 2.88. The van der Waals surface area contributed by atoms with Crippen LogP contribution in [0.2, 0.25) is 0 Å². The van der Waals surface area contributed by atoms with Gasteiger partial charge in [0.25, 0.3) is 0 Å². The predicted molar refractivity (Wildman–Crippen MR) is 106 cm³/mol. The van der Waals surface area contributed by atoms with Crippen LogP contribution in [-0.4, -0.2) is 41.9 Å². The summed E-state index contributed by atoms with van der Waals surface area (Å²) in [5.41, 5.74) is 2.27. The van der Waals surface area contributed by atoms with Crippen molar-refractivity contribution in [2.45, 2.75) is 19.9 Å². The van der Waals surface area contributed by atoms with E-state index in [0.29, 0.717) is 55.1 Å². The summed E-state index contributed by atoms with van der Waals surface area (Å²) < 4.78 is 24.5. The van der Waals surface area contributed by atoms with Gasteiger partial charge in [-0.2, -0.15) is 0 Å². The molecular formula is C21H21N3O5. The van der Waals surface area contributed by atoms with Crippen molar-refractivity contribution in [3.8, 4) is 23.0 Å². The Morgan fingerprint density at radius 1 is 0.966 bits per heavy atom. The molecule has 1 amide bonds. The van der Waals surface area contributed by atoms with Crippen LogP contribution < -0.4 is 24.3 Å². The molecule has 0 bridgehead atoms. The van der Waals surface area contributed by atoms with Gasteiger partial charge in [-0.05, 0) is 19.1 Å². The van der Waals surface area contributed by atoms with E-state index in [1.807, 2.05) is 35.8 Å². The first-order valence-electron chi connectivity index (χ1n) is 9.63. The zero-order valence-corrected chi connectivity index (χ0v) is 16.1. The van der Waals surface area contributed by atoms with E-state index in [1.165, 1.54) is 0 Å². The van der Waals surface area contributed by atoms with Gasteiger partial charge in [-0.15, -0.1) is 0 Å². The molecule has 0 aliphatic carbocycles. The Labute approximate surface area is 167 Å². The Balaban J connectivity index is 1.37. The summed E-state index contributed by atoms with van der Waals surface area (Å²) in [4.78, 5) is 17.3. The number of imidazole rings is 1. The Kier molecular flexibility index (Phi) is 4.38. The molecule has 8 nitrogen and oxygen atoms in total. The molecule has 150 valence electrons. The van der Waals surface area contributed by atoms with Crippen LogP contribution >= 0.6 is 0 Å². The van der Waals surface area contributed by atoms with Crippen LogP contribution in [0.5, 0.6) is 23.0 Å². The molecule has 0 unspecified atom stereocenters. The number of nitrogens with one attached hydrogen (secondary N) is 1. The number of amides is 1. The van der Waals surface area contributed by atoms with Crippen LogP contribution in [-0.2, 0) is 11.3 Å². The number of hydrogen-bond donors (Lipinski definition) is 1. The van der Waals surface area contributed by atoms with Crippen LogP contribution in [0.3, 0.4) is 0 Å². The molecule has 3 aromatic rings. The number of carbonyl (C=O) groups is 1. The van der Waals surface area contributed by atoms with E-state index in [-0.39, 0.29) is 12.5 Å². The number of benzene rings is 2. The van der Waals surface area contributed by atoms with E-state index < -0.39 is 0 Å². The van der Waals surface area contributed by atoms with Crippen molar-refractivity contribution < 1.29 is 23.7 Å². The van der Waals surface area contributed by atoms with E-state index in [4.69, 9.17) is 18.9 Å². The molecule has 0 fully saturated rings. The number of carbonyl (C=O) groups excluding carboxylic acids is 1. The molecule has 0 saturated heterocycles. The van der Waals surface area contributed by atoms with Crippen molar-refractivity contribution in [1.29, 1.82) is 0 Å². The molecule has 0 radical (unpaired) electrons. The molecule has 5 rings (SSSR count). The highest BCUT2D eigenvalue weighted by molar-refractivity contribution is 5.92. The van der Waals surface area contributed by atoms with Crippen LogP contribution in [0.25, 0.3) is 11.0 Å². The fourth-order valence-electron chi connectivity index (χ4n) is 3.57. The molecule has 1 aromatic heterocycles. The Morgan fingerprint density at radius 2 is 1.66 bits per heavy atom. The maximum Gasteiger partial charge on any atom is 0.244 e. The summed E-state index contributed by atoms with van der Waals surface area (Å²) in [7, 11) is 0. The SMILES string of the molecule is Cc1nc2cc3c(cc2n1CC(=O)Nc1ccc2c(c1)OCCCO2)OCCO3. The summed E-state index contributed by atoms with van der Waals surface area (Å²) in [5.74, 6) is 3.29. The zero-order valence-electron chi connectivity index (χ0n) is 16.1. The van der Waals surface area contributed by atoms with Crippen molar-refractivity contribution >= 4 is 22.6 Å². The van der Waals surface area contributed by atoms with Gasteiger partial charge in [0.05, 0.1) is 24.2 Å². The molecule has 3 heterocycles. The summed E-state index contributed by atoms with van der Waals surface area (Å²) >= 11 is 0. The van der Waals surface area contributed by atoms with Gasteiger partial charge in [-0.3, -0.25) is 4.79 Å². The van der Waals surface area contributed by atoms with E-state index in [0.717, 1.165) is 23.3 Å². The quantitative estimate of drug-likeness (QED) is 0.734. The number of fused-ring (bicyclic) bond motifs is 3. The number of rotatable bonds is 3. The van der Waals surface area contributed by atoms with Crippen LogP contribution in [0.15, 0.2) is 30.3 Å². The highest BCUT2D eigenvalue weighted by Gasteiger charge is 2.18. The van der Waals surface area contributed by atoms with Gasteiger partial charge >= 0.3 is 0 Å². The first kappa shape index (κ1) is 17.7. The van der Waals surface area contributed by atoms with Crippen molar-refractivity contribution in [2.75, 3.05) is 31.7 Å². The van der Waals surface area contributed by atoms with Crippen molar-refractivity contribution in [3.05, 3.63) is 36.2 Å². The van der Waals surface area contributed by atoms with Gasteiger partial charge in [-0.25, -0.2) is 4.98 Å². The van der Waals surface area contributed by atoms with Gasteiger partial charge in [0.2, 0.25) is 5.91 Å². The maximum atomic E-state index is 12.7. The second kappa shape index (κ2) is 7.20.